The Hall–Kier alpha value is -10.4. The van der Waals surface area contributed by atoms with Gasteiger partial charge in [0.15, 0.2) is 0 Å². The van der Waals surface area contributed by atoms with Crippen LogP contribution in [0.5, 0.6) is 0 Å². The Morgan fingerprint density at radius 2 is 0.562 bits per heavy atom. The lowest BCUT2D eigenvalue weighted by atomic mass is 9.41. The van der Waals surface area contributed by atoms with Crippen molar-refractivity contribution in [2.75, 3.05) is 0 Å². The zero-order chi connectivity index (χ0) is 54.5. The highest BCUT2D eigenvalue weighted by atomic mass is 28.4. The van der Waals surface area contributed by atoms with Crippen molar-refractivity contribution >= 4 is 321 Å². The third-order valence-corrected chi connectivity index (χ3v) is 30.5. The van der Waals surface area contributed by atoms with Crippen LogP contribution >= 0.6 is 0 Å². The fraction of sp³-hybridized carbons (Fsp3) is 0.0805. The largest absolute Gasteiger partial charge is 0.548 e. The van der Waals surface area contributed by atoms with E-state index < -0.39 is 19.1 Å². The molecule has 1 nitrogen and oxygen atoms in total. The van der Waals surface area contributed by atoms with Crippen LogP contribution in [0.1, 0.15) is 40.2 Å². The first-order valence-electron chi connectivity index (χ1n) is 33.1. The molecule has 0 fully saturated rings. The summed E-state index contributed by atoms with van der Waals surface area (Å²) >= 11 is 0. The van der Waals surface area contributed by atoms with Crippen LogP contribution in [0.15, 0.2) is 90.7 Å². The molecule has 32 aromatic carbocycles. The number of benzene rings is 22. The molecule has 1 unspecified atom stereocenters. The summed E-state index contributed by atoms with van der Waals surface area (Å²) in [5.41, 5.74) is 10.1. The van der Waals surface area contributed by atoms with E-state index in [1.54, 1.807) is 313 Å². The van der Waals surface area contributed by atoms with Gasteiger partial charge >= 0.3 is 0 Å². The van der Waals surface area contributed by atoms with Crippen LogP contribution in [0.3, 0.4) is 0 Å². The number of fused-ring (bicyclic) bond motifs is 2. The highest BCUT2D eigenvalue weighted by Gasteiger charge is 2.73. The van der Waals surface area contributed by atoms with Crippen molar-refractivity contribution in [2.45, 2.75) is 42.8 Å². The van der Waals surface area contributed by atoms with Gasteiger partial charge in [-0.15, -0.1) is 0 Å². The molecule has 37 rings (SSSR count). The van der Waals surface area contributed by atoms with Gasteiger partial charge in [-0.2, -0.15) is 0 Å². The first-order valence-corrected chi connectivity index (χ1v) is 36.5. The third-order valence-electron chi connectivity index (χ3n) is 29.6. The molecule has 0 aliphatic heterocycles. The van der Waals surface area contributed by atoms with E-state index in [1.807, 2.05) is 0 Å². The van der Waals surface area contributed by atoms with E-state index in [-0.39, 0.29) is 5.92 Å². The van der Waals surface area contributed by atoms with Crippen molar-refractivity contribution < 1.29 is 4.43 Å². The molecule has 89 heavy (non-hydrogen) atoms. The second-order valence-electron chi connectivity index (χ2n) is 32.3. The van der Waals surface area contributed by atoms with Crippen molar-refractivity contribution in [3.63, 3.8) is 0 Å². The average Bonchev–Trinajstić information content (AvgIpc) is 1.38. The third kappa shape index (κ3) is 2.35. The van der Waals surface area contributed by atoms with Gasteiger partial charge in [-0.25, -0.2) is 0 Å². The van der Waals surface area contributed by atoms with Gasteiger partial charge in [0, 0.05) is 23.2 Å². The molecule has 0 radical (unpaired) electrons. The van der Waals surface area contributed by atoms with Crippen molar-refractivity contribution in [3.05, 3.63) is 119 Å². The van der Waals surface area contributed by atoms with E-state index in [0.717, 1.165) is 6.42 Å². The number of rotatable bonds is 4. The molecule has 5 aliphatic rings. The van der Waals surface area contributed by atoms with Gasteiger partial charge in [-0.3, -0.25) is 0 Å². The molecule has 0 amide bonds. The standard InChI is InChI=1S/C87H26OSi/c1-89(2,3)88-23-17-26(19-12-14-20(15-13-19)27-24-10-6-4-8-21(24)16-22-9-5-7-11-25(22)27)87-84-78-72-62-50-42-34-30-28-29-32-36(34)44(50)54-48-40(32)41-33(29)37-35-31(28)39-38(30)46-52(42)60-66-56(46)57-47(39)53-43(35)51-45(37)55-49(41)59-58(48)70(64(54)72)80(84)81-71(59)65(55)73-63(51)69-61(53)67(57)75-74(66)82(76(78)68(60)62)86(87,18-23)83(75)77(69)79(73)85(81)87/h4-17,26H,18H2,1-3H3. The summed E-state index contributed by atoms with van der Waals surface area (Å²) in [6, 6.07) is 31.0. The monoisotopic (exact) mass is 1110 g/mol. The maximum absolute atomic E-state index is 7.96. The van der Waals surface area contributed by atoms with Crippen molar-refractivity contribution in [2.24, 2.45) is 0 Å². The van der Waals surface area contributed by atoms with Crippen LogP contribution in [-0.2, 0) is 15.3 Å². The van der Waals surface area contributed by atoms with E-state index in [1.165, 1.54) is 44.0 Å². The van der Waals surface area contributed by atoms with E-state index in [9.17, 15) is 0 Å². The van der Waals surface area contributed by atoms with Crippen molar-refractivity contribution in [1.29, 1.82) is 0 Å². The molecule has 0 N–H and O–H groups in total. The van der Waals surface area contributed by atoms with Gasteiger partial charge in [-0.1, -0.05) is 72.8 Å². The Kier molecular flexibility index (Phi) is 3.72. The molecule has 32 aromatic rings. The lowest BCUT2D eigenvalue weighted by Crippen LogP contribution is -2.57. The minimum atomic E-state index is -2.20. The molecule has 1 atom stereocenters. The zero-order valence-corrected chi connectivity index (χ0v) is 48.3. The summed E-state index contributed by atoms with van der Waals surface area (Å²) in [4.78, 5) is 0. The van der Waals surface area contributed by atoms with Crippen LogP contribution in [0.2, 0.25) is 19.6 Å². The quantitative estimate of drug-likeness (QED) is 0.0969. The Balaban J connectivity index is 0.910. The molecular weight excluding hydrogens is 1090 g/mol. The van der Waals surface area contributed by atoms with Gasteiger partial charge in [0.25, 0.3) is 0 Å². The molecule has 0 bridgehead atoms. The molecule has 2 heteroatoms. The fourth-order valence-electron chi connectivity index (χ4n) is 29.0. The second-order valence-corrected chi connectivity index (χ2v) is 36.7. The van der Waals surface area contributed by atoms with Crippen LogP contribution < -0.4 is 0 Å². The average molecular weight is 1120 g/mol. The van der Waals surface area contributed by atoms with E-state index in [0.29, 0.717) is 0 Å². The number of allylic oxidation sites excluding steroid dienone is 2. The summed E-state index contributed by atoms with van der Waals surface area (Å²) in [6.45, 7) is 7.38. The molecular formula is C87H26OSi. The highest BCUT2D eigenvalue weighted by molar-refractivity contribution is 6.82. The van der Waals surface area contributed by atoms with Crippen LogP contribution in [-0.4, -0.2) is 8.32 Å². The first-order chi connectivity index (χ1) is 43.9. The van der Waals surface area contributed by atoms with Crippen LogP contribution in [0.25, 0.3) is 324 Å². The smallest absolute Gasteiger partial charge is 0.241 e. The van der Waals surface area contributed by atoms with Crippen LogP contribution in [0.4, 0.5) is 0 Å². The second kappa shape index (κ2) is 9.03. The minimum absolute atomic E-state index is 0.0170. The van der Waals surface area contributed by atoms with Crippen LogP contribution in [0, 0.1) is 0 Å². The topological polar surface area (TPSA) is 9.23 Å². The minimum Gasteiger partial charge on any atom is -0.548 e. The predicted octanol–water partition coefficient (Wildman–Crippen LogP) is 24.2. The molecule has 0 saturated heterocycles. The highest BCUT2D eigenvalue weighted by Crippen LogP contribution is 2.87. The van der Waals surface area contributed by atoms with Crippen molar-refractivity contribution in [1.82, 2.24) is 0 Å². The maximum Gasteiger partial charge on any atom is 0.241 e. The summed E-state index contributed by atoms with van der Waals surface area (Å²) in [5, 5.41) is 94.3. The Morgan fingerprint density at radius 3 is 0.843 bits per heavy atom. The Morgan fingerprint density at radius 1 is 0.303 bits per heavy atom. The van der Waals surface area contributed by atoms with E-state index in [4.69, 9.17) is 4.43 Å². The van der Waals surface area contributed by atoms with Gasteiger partial charge in [0.2, 0.25) is 8.32 Å². The lowest BCUT2D eigenvalue weighted by molar-refractivity contribution is 0.229. The molecule has 2 spiro atoms. The molecule has 0 saturated carbocycles. The van der Waals surface area contributed by atoms with Gasteiger partial charge < -0.3 is 4.43 Å². The summed E-state index contributed by atoms with van der Waals surface area (Å²) in [7, 11) is -2.20. The Labute approximate surface area is 494 Å². The zero-order valence-electron chi connectivity index (χ0n) is 47.3. The van der Waals surface area contributed by atoms with E-state index in [2.05, 4.69) is 105 Å². The normalized spacial score (nSPS) is 21.4. The summed E-state index contributed by atoms with van der Waals surface area (Å²) in [5.74, 6) is 1.23. The number of hydrogen-bond acceptors (Lipinski definition) is 1. The van der Waals surface area contributed by atoms with Gasteiger partial charge in [0.05, 0.1) is 5.76 Å². The van der Waals surface area contributed by atoms with Gasteiger partial charge in [0.1, 0.15) is 0 Å². The summed E-state index contributed by atoms with van der Waals surface area (Å²) in [6.07, 6.45) is 3.71. The molecule has 0 aromatic heterocycles. The predicted molar refractivity (Wildman–Crippen MR) is 381 cm³/mol. The Bertz CT molecular complexity index is 8580. The van der Waals surface area contributed by atoms with Crippen molar-refractivity contribution in [3.8, 4) is 11.1 Å². The fourth-order valence-corrected chi connectivity index (χ4v) is 29.9. The molecule has 5 aliphatic carbocycles. The first kappa shape index (κ1) is 36.7. The SMILES string of the molecule is C[Si](C)(C)OC1=CC(c2ccc(-c3c4ccccc4cc4ccccc34)cc2)C23c4c5c6c7c8c9c(c%10c%11c2c2c4c4c%12c5c5c6c6c8c8c%13c9c9c%10c%10c%11c%11c2c2c4c4c%12c%12c5c5c6c8c6c8c%13c9c9c%10c%10c%11c2c2c4c4c%12c5c6c5c8c9c%10c2c45)C73C1. The van der Waals surface area contributed by atoms with E-state index >= 15 is 0 Å². The lowest BCUT2D eigenvalue weighted by Gasteiger charge is -2.60. The van der Waals surface area contributed by atoms with Gasteiger partial charge in [-0.05, 0) is 383 Å². The molecule has 384 valence electrons. The molecule has 0 heterocycles. The summed E-state index contributed by atoms with van der Waals surface area (Å²) < 4.78 is 7.96. The number of hydrogen-bond donors (Lipinski definition) is 0. The maximum atomic E-state index is 7.96.